The summed E-state index contributed by atoms with van der Waals surface area (Å²) in [4.78, 5) is 27.0. The Bertz CT molecular complexity index is 950. The Morgan fingerprint density at radius 3 is 2.43 bits per heavy atom. The average molecular weight is 400 g/mol. The number of aliphatic hydroxyl groups is 1. The Morgan fingerprint density at radius 1 is 1.14 bits per heavy atom. The van der Waals surface area contributed by atoms with E-state index < -0.39 is 17.7 Å². The van der Waals surface area contributed by atoms with Gasteiger partial charge >= 0.3 is 0 Å². The molecule has 0 spiro atoms. The number of carbonyl (C=O) groups is 2. The third kappa shape index (κ3) is 3.62. The minimum absolute atomic E-state index is 0.0340. The fraction of sp³-hybridized carbons (Fsp3) is 0.273. The summed E-state index contributed by atoms with van der Waals surface area (Å²) in [5.74, 6) is -1.67. The molecule has 1 aliphatic rings. The van der Waals surface area contributed by atoms with E-state index in [1.165, 1.54) is 17.0 Å². The first-order valence-corrected chi connectivity index (χ1v) is 9.56. The van der Waals surface area contributed by atoms with Gasteiger partial charge in [-0.05, 0) is 31.0 Å². The second-order valence-corrected chi connectivity index (χ2v) is 7.33. The van der Waals surface area contributed by atoms with Gasteiger partial charge in [0.15, 0.2) is 0 Å². The lowest BCUT2D eigenvalue weighted by molar-refractivity contribution is -0.139. The molecule has 3 rings (SSSR count). The topological polar surface area (TPSA) is 77.8 Å². The summed E-state index contributed by atoms with van der Waals surface area (Å²) < 4.78 is 0. The van der Waals surface area contributed by atoms with Crippen molar-refractivity contribution in [2.24, 2.45) is 0 Å². The molecular formula is C22H22ClNO4. The molecule has 0 radical (unpaired) electrons. The second kappa shape index (κ2) is 8.07. The van der Waals surface area contributed by atoms with E-state index in [-0.39, 0.29) is 22.1 Å². The fourth-order valence-corrected chi connectivity index (χ4v) is 3.53. The van der Waals surface area contributed by atoms with Crippen molar-refractivity contribution in [2.45, 2.75) is 32.7 Å². The van der Waals surface area contributed by atoms with E-state index in [1.807, 2.05) is 26.0 Å². The normalized spacial score (nSPS) is 18.7. The zero-order valence-electron chi connectivity index (χ0n) is 15.8. The van der Waals surface area contributed by atoms with E-state index >= 15 is 0 Å². The Labute approximate surface area is 168 Å². The SMILES string of the molecule is CCCCN1C(=O)C(=O)/C(=C(\O)c2ccc(C)cc2)C1c1ccc(O)c(Cl)c1. The van der Waals surface area contributed by atoms with Gasteiger partial charge in [-0.15, -0.1) is 0 Å². The third-order valence-electron chi connectivity index (χ3n) is 4.91. The first kappa shape index (κ1) is 20.0. The van der Waals surface area contributed by atoms with Crippen LogP contribution in [0.4, 0.5) is 0 Å². The number of halogens is 1. The number of Topliss-reactive ketones (excluding diaryl/α,β-unsaturated/α-hetero) is 1. The molecule has 1 heterocycles. The van der Waals surface area contributed by atoms with E-state index in [2.05, 4.69) is 0 Å². The van der Waals surface area contributed by atoms with E-state index in [4.69, 9.17) is 11.6 Å². The van der Waals surface area contributed by atoms with Crippen molar-refractivity contribution in [2.75, 3.05) is 6.54 Å². The Kier molecular flexibility index (Phi) is 5.75. The van der Waals surface area contributed by atoms with Crippen molar-refractivity contribution in [1.29, 1.82) is 0 Å². The number of likely N-dealkylation sites (tertiary alicyclic amines) is 1. The second-order valence-electron chi connectivity index (χ2n) is 6.92. The maximum atomic E-state index is 12.8. The van der Waals surface area contributed by atoms with Crippen LogP contribution in [-0.2, 0) is 9.59 Å². The van der Waals surface area contributed by atoms with Gasteiger partial charge in [-0.2, -0.15) is 0 Å². The van der Waals surface area contributed by atoms with Crippen molar-refractivity contribution >= 4 is 29.1 Å². The van der Waals surface area contributed by atoms with Crippen molar-refractivity contribution < 1.29 is 19.8 Å². The van der Waals surface area contributed by atoms with Crippen LogP contribution < -0.4 is 0 Å². The summed E-state index contributed by atoms with van der Waals surface area (Å²) in [6, 6.07) is 10.9. The Hall–Kier alpha value is -2.79. The Morgan fingerprint density at radius 2 is 1.82 bits per heavy atom. The molecule has 0 aliphatic carbocycles. The molecule has 2 aromatic carbocycles. The quantitative estimate of drug-likeness (QED) is 0.438. The van der Waals surface area contributed by atoms with Gasteiger partial charge < -0.3 is 15.1 Å². The number of phenolic OH excluding ortho intramolecular Hbond substituents is 1. The molecule has 1 unspecified atom stereocenters. The molecule has 1 amide bonds. The molecule has 1 atom stereocenters. The monoisotopic (exact) mass is 399 g/mol. The highest BCUT2D eigenvalue weighted by atomic mass is 35.5. The van der Waals surface area contributed by atoms with Gasteiger partial charge in [-0.3, -0.25) is 9.59 Å². The number of aliphatic hydroxyl groups excluding tert-OH is 1. The molecule has 28 heavy (non-hydrogen) atoms. The van der Waals surface area contributed by atoms with Crippen LogP contribution in [0.25, 0.3) is 5.76 Å². The minimum atomic E-state index is -0.758. The van der Waals surface area contributed by atoms with Crippen LogP contribution >= 0.6 is 11.6 Å². The summed E-state index contributed by atoms with van der Waals surface area (Å²) >= 11 is 6.06. The summed E-state index contributed by atoms with van der Waals surface area (Å²) in [6.07, 6.45) is 1.57. The number of nitrogens with zero attached hydrogens (tertiary/aromatic N) is 1. The summed E-state index contributed by atoms with van der Waals surface area (Å²) in [7, 11) is 0. The first-order chi connectivity index (χ1) is 13.3. The Balaban J connectivity index is 2.17. The standard InChI is InChI=1S/C22H22ClNO4/c1-3-4-11-24-19(15-9-10-17(25)16(23)12-15)18(21(27)22(24)28)20(26)14-7-5-13(2)6-8-14/h5-10,12,19,25-26H,3-4,11H2,1-2H3/b20-18-. The van der Waals surface area contributed by atoms with E-state index in [0.717, 1.165) is 18.4 Å². The van der Waals surface area contributed by atoms with Crippen LogP contribution in [0.15, 0.2) is 48.0 Å². The zero-order chi connectivity index (χ0) is 20.4. The van der Waals surface area contributed by atoms with Gasteiger partial charge in [-0.25, -0.2) is 0 Å². The number of hydrogen-bond acceptors (Lipinski definition) is 4. The van der Waals surface area contributed by atoms with Crippen LogP contribution in [0.1, 0.15) is 42.5 Å². The number of carbonyl (C=O) groups excluding carboxylic acids is 2. The van der Waals surface area contributed by atoms with Crippen molar-refractivity contribution in [3.05, 3.63) is 69.8 Å². The first-order valence-electron chi connectivity index (χ1n) is 9.19. The van der Waals surface area contributed by atoms with Crippen LogP contribution in [0.3, 0.4) is 0 Å². The van der Waals surface area contributed by atoms with Gasteiger partial charge in [0, 0.05) is 12.1 Å². The van der Waals surface area contributed by atoms with Gasteiger partial charge in [0.25, 0.3) is 11.7 Å². The van der Waals surface area contributed by atoms with Crippen LogP contribution in [0, 0.1) is 6.92 Å². The van der Waals surface area contributed by atoms with Crippen LogP contribution in [0.2, 0.25) is 5.02 Å². The largest absolute Gasteiger partial charge is 0.507 e. The molecule has 146 valence electrons. The van der Waals surface area contributed by atoms with Crippen LogP contribution in [0.5, 0.6) is 5.75 Å². The minimum Gasteiger partial charge on any atom is -0.507 e. The smallest absolute Gasteiger partial charge is 0.295 e. The zero-order valence-corrected chi connectivity index (χ0v) is 16.5. The predicted molar refractivity (Wildman–Crippen MR) is 108 cm³/mol. The van der Waals surface area contributed by atoms with Gasteiger partial charge in [0.2, 0.25) is 0 Å². The van der Waals surface area contributed by atoms with Crippen molar-refractivity contribution in [3.8, 4) is 5.75 Å². The lowest BCUT2D eigenvalue weighted by atomic mass is 9.95. The highest BCUT2D eigenvalue weighted by Gasteiger charge is 2.45. The third-order valence-corrected chi connectivity index (χ3v) is 5.21. The molecule has 0 aromatic heterocycles. The maximum absolute atomic E-state index is 12.8. The predicted octanol–water partition coefficient (Wildman–Crippen LogP) is 4.58. The van der Waals surface area contributed by atoms with E-state index in [1.54, 1.807) is 18.2 Å². The molecule has 1 fully saturated rings. The maximum Gasteiger partial charge on any atom is 0.295 e. The molecule has 1 saturated heterocycles. The molecule has 0 saturated carbocycles. The lowest BCUT2D eigenvalue weighted by Gasteiger charge is -2.25. The number of ketones is 1. The molecule has 5 nitrogen and oxygen atoms in total. The van der Waals surface area contributed by atoms with Gasteiger partial charge in [0.1, 0.15) is 11.5 Å². The molecule has 1 aliphatic heterocycles. The van der Waals surface area contributed by atoms with E-state index in [0.29, 0.717) is 17.7 Å². The van der Waals surface area contributed by atoms with E-state index in [9.17, 15) is 19.8 Å². The number of phenols is 1. The summed E-state index contributed by atoms with van der Waals surface area (Å²) in [6.45, 7) is 4.30. The highest BCUT2D eigenvalue weighted by molar-refractivity contribution is 6.46. The number of benzene rings is 2. The number of amides is 1. The summed E-state index contributed by atoms with van der Waals surface area (Å²) in [5, 5.41) is 20.8. The number of rotatable bonds is 5. The fourth-order valence-electron chi connectivity index (χ4n) is 3.35. The van der Waals surface area contributed by atoms with Gasteiger partial charge in [0.05, 0.1) is 16.6 Å². The number of aryl methyl sites for hydroxylation is 1. The van der Waals surface area contributed by atoms with Crippen LogP contribution in [-0.4, -0.2) is 33.3 Å². The van der Waals surface area contributed by atoms with Gasteiger partial charge in [-0.1, -0.05) is 60.8 Å². The molecule has 2 aromatic rings. The average Bonchev–Trinajstić information content (AvgIpc) is 2.93. The van der Waals surface area contributed by atoms with Crippen molar-refractivity contribution in [1.82, 2.24) is 4.90 Å². The number of aromatic hydroxyl groups is 1. The highest BCUT2D eigenvalue weighted by Crippen LogP contribution is 2.41. The lowest BCUT2D eigenvalue weighted by Crippen LogP contribution is -2.30. The number of unbranched alkanes of at least 4 members (excludes halogenated alkanes) is 1. The van der Waals surface area contributed by atoms with Crippen molar-refractivity contribution in [3.63, 3.8) is 0 Å². The molecule has 0 bridgehead atoms. The molecule has 6 heteroatoms. The summed E-state index contributed by atoms with van der Waals surface area (Å²) in [5.41, 5.74) is 2.08. The molecule has 2 N–H and O–H groups in total. The number of hydrogen-bond donors (Lipinski definition) is 2. The molecular weight excluding hydrogens is 378 g/mol.